The molecule has 0 radical (unpaired) electrons. The molecular weight excluding hydrogens is 473 g/mol. The number of anilines is 1. The van der Waals surface area contributed by atoms with Crippen molar-refractivity contribution >= 4 is 56.0 Å². The Balaban J connectivity index is 1.76. The van der Waals surface area contributed by atoms with E-state index in [0.29, 0.717) is 27.6 Å². The molecule has 1 unspecified atom stereocenters. The van der Waals surface area contributed by atoms with Crippen LogP contribution in [0.1, 0.15) is 18.9 Å². The van der Waals surface area contributed by atoms with Crippen molar-refractivity contribution in [1.29, 1.82) is 0 Å². The standard InChI is InChI=1S/C21H21BrFN3O3S/c1-4-26-20(28)18(30-21(26)25-15-7-6-13(22)10-14(15)23)11-19(27)24-16-9-12(2)5-8-17(16)29-3/h5-10,18H,4,11H2,1-3H3,(H,24,27). The quantitative estimate of drug-likeness (QED) is 0.621. The number of nitrogens with zero attached hydrogens (tertiary/aromatic N) is 2. The average Bonchev–Trinajstić information content (AvgIpc) is 2.98. The summed E-state index contributed by atoms with van der Waals surface area (Å²) in [6.45, 7) is 4.10. The number of hydrogen-bond donors (Lipinski definition) is 1. The van der Waals surface area contributed by atoms with E-state index in [1.165, 1.54) is 35.9 Å². The van der Waals surface area contributed by atoms with E-state index in [2.05, 4.69) is 26.2 Å². The van der Waals surface area contributed by atoms with Crippen LogP contribution in [0.5, 0.6) is 5.75 Å². The summed E-state index contributed by atoms with van der Waals surface area (Å²) < 4.78 is 20.0. The number of amidine groups is 1. The molecule has 2 aromatic carbocycles. The fourth-order valence-corrected chi connectivity index (χ4v) is 4.53. The lowest BCUT2D eigenvalue weighted by atomic mass is 10.2. The zero-order chi connectivity index (χ0) is 21.8. The third-order valence-corrected chi connectivity index (χ3v) is 6.13. The van der Waals surface area contributed by atoms with Crippen molar-refractivity contribution < 1.29 is 18.7 Å². The van der Waals surface area contributed by atoms with Crippen molar-refractivity contribution in [2.24, 2.45) is 4.99 Å². The first kappa shape index (κ1) is 22.3. The largest absolute Gasteiger partial charge is 0.495 e. The first-order valence-corrected chi connectivity index (χ1v) is 11.0. The Morgan fingerprint density at radius 2 is 2.10 bits per heavy atom. The minimum atomic E-state index is -0.627. The lowest BCUT2D eigenvalue weighted by Crippen LogP contribution is -2.33. The fraction of sp³-hybridized carbons (Fsp3) is 0.286. The number of amides is 2. The highest BCUT2D eigenvalue weighted by molar-refractivity contribution is 9.10. The lowest BCUT2D eigenvalue weighted by molar-refractivity contribution is -0.128. The molecule has 6 nitrogen and oxygen atoms in total. The third kappa shape index (κ3) is 5.02. The second-order valence-electron chi connectivity index (χ2n) is 6.64. The van der Waals surface area contributed by atoms with Crippen LogP contribution in [0.25, 0.3) is 0 Å². The van der Waals surface area contributed by atoms with E-state index < -0.39 is 11.1 Å². The SMILES string of the molecule is CCN1C(=O)C(CC(=O)Nc2cc(C)ccc2OC)SC1=Nc1ccc(Br)cc1F. The minimum Gasteiger partial charge on any atom is -0.495 e. The maximum absolute atomic E-state index is 14.2. The number of hydrogen-bond acceptors (Lipinski definition) is 5. The summed E-state index contributed by atoms with van der Waals surface area (Å²) in [5.74, 6) is -0.474. The van der Waals surface area contributed by atoms with Gasteiger partial charge >= 0.3 is 0 Å². The number of nitrogens with one attached hydrogen (secondary N) is 1. The third-order valence-electron chi connectivity index (χ3n) is 4.46. The number of aryl methyl sites for hydroxylation is 1. The zero-order valence-corrected chi connectivity index (χ0v) is 19.1. The highest BCUT2D eigenvalue weighted by Crippen LogP contribution is 2.33. The Morgan fingerprint density at radius 1 is 1.33 bits per heavy atom. The van der Waals surface area contributed by atoms with E-state index in [9.17, 15) is 14.0 Å². The summed E-state index contributed by atoms with van der Waals surface area (Å²) in [7, 11) is 1.53. The van der Waals surface area contributed by atoms with Crippen LogP contribution >= 0.6 is 27.7 Å². The van der Waals surface area contributed by atoms with Crippen LogP contribution in [0.15, 0.2) is 45.9 Å². The van der Waals surface area contributed by atoms with E-state index in [1.54, 1.807) is 12.1 Å². The molecule has 1 saturated heterocycles. The number of halogens is 2. The normalized spacial score (nSPS) is 17.5. The molecule has 0 spiro atoms. The maximum Gasteiger partial charge on any atom is 0.242 e. The van der Waals surface area contributed by atoms with Crippen molar-refractivity contribution in [1.82, 2.24) is 4.90 Å². The number of carbonyl (C=O) groups is 2. The van der Waals surface area contributed by atoms with Gasteiger partial charge in [-0.25, -0.2) is 9.38 Å². The van der Waals surface area contributed by atoms with Gasteiger partial charge in [0.25, 0.3) is 0 Å². The summed E-state index contributed by atoms with van der Waals surface area (Å²) >= 11 is 4.38. The van der Waals surface area contributed by atoms with Crippen LogP contribution in [0, 0.1) is 12.7 Å². The Labute approximate surface area is 187 Å². The zero-order valence-electron chi connectivity index (χ0n) is 16.7. The predicted molar refractivity (Wildman–Crippen MR) is 121 cm³/mol. The molecule has 1 aliphatic heterocycles. The van der Waals surface area contributed by atoms with Crippen molar-refractivity contribution in [3.05, 3.63) is 52.3 Å². The second kappa shape index (κ2) is 9.61. The van der Waals surface area contributed by atoms with E-state index in [1.807, 2.05) is 26.0 Å². The molecule has 3 rings (SSSR count). The Hall–Kier alpha value is -2.39. The van der Waals surface area contributed by atoms with Crippen LogP contribution in [-0.4, -0.2) is 40.8 Å². The van der Waals surface area contributed by atoms with Crippen LogP contribution in [0.3, 0.4) is 0 Å². The van der Waals surface area contributed by atoms with Crippen LogP contribution < -0.4 is 10.1 Å². The molecule has 1 heterocycles. The molecule has 1 aliphatic rings. The highest BCUT2D eigenvalue weighted by atomic mass is 79.9. The average molecular weight is 494 g/mol. The molecule has 0 saturated carbocycles. The number of benzene rings is 2. The molecule has 2 aromatic rings. The number of rotatable bonds is 6. The molecule has 0 bridgehead atoms. The number of methoxy groups -OCH3 is 1. The van der Waals surface area contributed by atoms with Gasteiger partial charge in [-0.05, 0) is 49.7 Å². The Morgan fingerprint density at radius 3 is 2.77 bits per heavy atom. The molecule has 30 heavy (non-hydrogen) atoms. The van der Waals surface area contributed by atoms with Gasteiger partial charge in [0.2, 0.25) is 11.8 Å². The topological polar surface area (TPSA) is 71.0 Å². The summed E-state index contributed by atoms with van der Waals surface area (Å²) in [5.41, 5.74) is 1.66. The molecule has 9 heteroatoms. The van der Waals surface area contributed by atoms with Crippen molar-refractivity contribution in [3.63, 3.8) is 0 Å². The summed E-state index contributed by atoms with van der Waals surface area (Å²) in [4.78, 5) is 31.1. The van der Waals surface area contributed by atoms with Gasteiger partial charge in [0, 0.05) is 17.4 Å². The van der Waals surface area contributed by atoms with Gasteiger partial charge in [0.15, 0.2) is 5.17 Å². The highest BCUT2D eigenvalue weighted by Gasteiger charge is 2.38. The number of aliphatic imine (C=N–C) groups is 1. The summed E-state index contributed by atoms with van der Waals surface area (Å²) in [6, 6.07) is 10.00. The molecule has 1 atom stereocenters. The Kier molecular flexibility index (Phi) is 7.14. The van der Waals surface area contributed by atoms with Gasteiger partial charge in [-0.15, -0.1) is 0 Å². The van der Waals surface area contributed by atoms with Crippen LogP contribution in [-0.2, 0) is 9.59 Å². The van der Waals surface area contributed by atoms with E-state index in [4.69, 9.17) is 4.74 Å². The second-order valence-corrected chi connectivity index (χ2v) is 8.72. The van der Waals surface area contributed by atoms with Gasteiger partial charge in [-0.2, -0.15) is 0 Å². The van der Waals surface area contributed by atoms with Gasteiger partial charge < -0.3 is 10.1 Å². The van der Waals surface area contributed by atoms with Crippen molar-refractivity contribution in [2.75, 3.05) is 19.0 Å². The Bertz CT molecular complexity index is 1010. The smallest absolute Gasteiger partial charge is 0.242 e. The van der Waals surface area contributed by atoms with Gasteiger partial charge in [0.1, 0.15) is 22.5 Å². The van der Waals surface area contributed by atoms with Gasteiger partial charge in [-0.3, -0.25) is 14.5 Å². The molecule has 0 aliphatic carbocycles. The minimum absolute atomic E-state index is 0.0288. The van der Waals surface area contributed by atoms with Crippen molar-refractivity contribution in [3.8, 4) is 5.75 Å². The molecule has 1 fully saturated rings. The first-order chi connectivity index (χ1) is 14.3. The van der Waals surface area contributed by atoms with Gasteiger partial charge in [0.05, 0.1) is 12.8 Å². The maximum atomic E-state index is 14.2. The predicted octanol–water partition coefficient (Wildman–Crippen LogP) is 4.89. The number of carbonyl (C=O) groups excluding carboxylic acids is 2. The van der Waals surface area contributed by atoms with Crippen LogP contribution in [0.2, 0.25) is 0 Å². The summed E-state index contributed by atoms with van der Waals surface area (Å²) in [5, 5.41) is 2.57. The molecule has 2 amide bonds. The van der Waals surface area contributed by atoms with Gasteiger partial charge in [-0.1, -0.05) is 33.8 Å². The first-order valence-electron chi connectivity index (χ1n) is 9.28. The molecule has 1 N–H and O–H groups in total. The van der Waals surface area contributed by atoms with Crippen molar-refractivity contribution in [2.45, 2.75) is 25.5 Å². The molecule has 0 aromatic heterocycles. The summed E-state index contributed by atoms with van der Waals surface area (Å²) in [6.07, 6.45) is -0.0288. The fourth-order valence-electron chi connectivity index (χ4n) is 2.98. The van der Waals surface area contributed by atoms with E-state index in [0.717, 1.165) is 5.56 Å². The van der Waals surface area contributed by atoms with Crippen LogP contribution in [0.4, 0.5) is 15.8 Å². The molecule has 158 valence electrons. The van der Waals surface area contributed by atoms with E-state index in [-0.39, 0.29) is 23.9 Å². The number of ether oxygens (including phenoxy) is 1. The number of thioether (sulfide) groups is 1. The molecular formula is C21H21BrFN3O3S. The monoisotopic (exact) mass is 493 g/mol. The van der Waals surface area contributed by atoms with E-state index >= 15 is 0 Å². The lowest BCUT2D eigenvalue weighted by Gasteiger charge is -2.14.